The molecule has 1 aromatic carbocycles. The van der Waals surface area contributed by atoms with Gasteiger partial charge in [0.05, 0.1) is 36.5 Å². The lowest BCUT2D eigenvalue weighted by atomic mass is 9.88. The van der Waals surface area contributed by atoms with Crippen LogP contribution in [0.4, 0.5) is 0 Å². The summed E-state index contributed by atoms with van der Waals surface area (Å²) in [5.74, 6) is 0. The average Bonchev–Trinajstić information content (AvgIpc) is 3.08. The van der Waals surface area contributed by atoms with Gasteiger partial charge in [-0.05, 0) is 23.3 Å². The van der Waals surface area contributed by atoms with E-state index in [0.717, 1.165) is 24.2 Å². The first kappa shape index (κ1) is 9.86. The molecule has 0 N–H and O–H groups in total. The van der Waals surface area contributed by atoms with E-state index in [9.17, 15) is 0 Å². The molecule has 1 atom stereocenters. The highest BCUT2D eigenvalue weighted by Crippen LogP contribution is 2.48. The van der Waals surface area contributed by atoms with Gasteiger partial charge in [0.15, 0.2) is 0 Å². The molecule has 2 aliphatic heterocycles. The van der Waals surface area contributed by atoms with Gasteiger partial charge in [-0.2, -0.15) is 5.26 Å². The second-order valence-electron chi connectivity index (χ2n) is 4.82. The van der Waals surface area contributed by atoms with Crippen LogP contribution >= 0.6 is 0 Å². The molecule has 1 unspecified atom stereocenters. The van der Waals surface area contributed by atoms with Crippen molar-refractivity contribution in [3.05, 3.63) is 53.1 Å². The van der Waals surface area contributed by atoms with Gasteiger partial charge in [-0.25, -0.2) is 4.98 Å². The molecule has 0 saturated carbocycles. The van der Waals surface area contributed by atoms with E-state index < -0.39 is 0 Å². The van der Waals surface area contributed by atoms with Crippen molar-refractivity contribution in [2.45, 2.75) is 25.2 Å². The van der Waals surface area contributed by atoms with Gasteiger partial charge in [-0.3, -0.25) is 0 Å². The van der Waals surface area contributed by atoms with Crippen LogP contribution in [0, 0.1) is 11.3 Å². The van der Waals surface area contributed by atoms with Crippen molar-refractivity contribution in [3.63, 3.8) is 0 Å². The number of fused-ring (bicyclic) bond motifs is 4. The molecule has 1 spiro atoms. The van der Waals surface area contributed by atoms with E-state index in [4.69, 9.17) is 10.00 Å². The van der Waals surface area contributed by atoms with Crippen LogP contribution < -0.4 is 0 Å². The zero-order valence-corrected chi connectivity index (χ0v) is 9.76. The molecule has 2 aromatic rings. The van der Waals surface area contributed by atoms with E-state index in [1.165, 1.54) is 5.56 Å². The number of hydrogen-bond acceptors (Lipinski definition) is 3. The van der Waals surface area contributed by atoms with Gasteiger partial charge in [-0.15, -0.1) is 0 Å². The number of nitrogens with zero attached hydrogens (tertiary/aromatic N) is 3. The number of nitriles is 1. The average molecular weight is 237 g/mol. The number of aromatic nitrogens is 2. The molecule has 88 valence electrons. The van der Waals surface area contributed by atoms with E-state index in [2.05, 4.69) is 15.6 Å². The third-order valence-corrected chi connectivity index (χ3v) is 3.98. The Kier molecular flexibility index (Phi) is 1.76. The van der Waals surface area contributed by atoms with Crippen LogP contribution in [0.2, 0.25) is 0 Å². The van der Waals surface area contributed by atoms with Gasteiger partial charge in [0.1, 0.15) is 5.60 Å². The summed E-state index contributed by atoms with van der Waals surface area (Å²) >= 11 is 0. The first-order valence-corrected chi connectivity index (χ1v) is 6.01. The summed E-state index contributed by atoms with van der Waals surface area (Å²) in [5.41, 5.74) is 3.75. The highest BCUT2D eigenvalue weighted by atomic mass is 16.5. The lowest BCUT2D eigenvalue weighted by molar-refractivity contribution is -0.00387. The topological polar surface area (TPSA) is 50.8 Å². The zero-order chi connectivity index (χ0) is 12.2. The molecule has 0 saturated heterocycles. The summed E-state index contributed by atoms with van der Waals surface area (Å²) in [4.78, 5) is 4.20. The quantitative estimate of drug-likeness (QED) is 0.703. The second kappa shape index (κ2) is 3.21. The number of hydrogen-bond donors (Lipinski definition) is 0. The maximum atomic E-state index is 9.05. The third-order valence-electron chi connectivity index (χ3n) is 3.98. The molecule has 0 fully saturated rings. The summed E-state index contributed by atoms with van der Waals surface area (Å²) in [7, 11) is 0. The maximum Gasteiger partial charge on any atom is 0.137 e. The molecule has 0 bridgehead atoms. The van der Waals surface area contributed by atoms with E-state index >= 15 is 0 Å². The molecule has 0 aliphatic carbocycles. The Balaban J connectivity index is 1.96. The Morgan fingerprint density at radius 2 is 2.39 bits per heavy atom. The lowest BCUT2D eigenvalue weighted by Crippen LogP contribution is -2.23. The molecule has 0 amide bonds. The summed E-state index contributed by atoms with van der Waals surface area (Å²) in [5, 5.41) is 9.05. The Morgan fingerprint density at radius 1 is 1.44 bits per heavy atom. The number of ether oxygens (including phenoxy) is 1. The van der Waals surface area contributed by atoms with Crippen LogP contribution in [-0.2, 0) is 23.5 Å². The Hall–Kier alpha value is -2.12. The lowest BCUT2D eigenvalue weighted by Gasteiger charge is -2.23. The minimum atomic E-state index is -0.376. The van der Waals surface area contributed by atoms with Gasteiger partial charge in [0.25, 0.3) is 0 Å². The van der Waals surface area contributed by atoms with Gasteiger partial charge >= 0.3 is 0 Å². The van der Waals surface area contributed by atoms with Crippen molar-refractivity contribution in [2.75, 3.05) is 0 Å². The number of benzene rings is 1. The van der Waals surface area contributed by atoms with Crippen LogP contribution in [0.3, 0.4) is 0 Å². The van der Waals surface area contributed by atoms with Gasteiger partial charge in [0.2, 0.25) is 0 Å². The van der Waals surface area contributed by atoms with E-state index in [-0.39, 0.29) is 5.60 Å². The molecule has 18 heavy (non-hydrogen) atoms. The van der Waals surface area contributed by atoms with Crippen molar-refractivity contribution >= 4 is 0 Å². The summed E-state index contributed by atoms with van der Waals surface area (Å²) < 4.78 is 8.22. The van der Waals surface area contributed by atoms with Crippen molar-refractivity contribution < 1.29 is 4.74 Å². The molecule has 3 heterocycles. The van der Waals surface area contributed by atoms with Gasteiger partial charge in [-0.1, -0.05) is 6.07 Å². The smallest absolute Gasteiger partial charge is 0.137 e. The van der Waals surface area contributed by atoms with Crippen molar-refractivity contribution in [2.24, 2.45) is 0 Å². The summed E-state index contributed by atoms with van der Waals surface area (Å²) in [6.07, 6.45) is 4.65. The molecule has 4 heteroatoms. The molecule has 2 aliphatic rings. The van der Waals surface area contributed by atoms with Crippen LogP contribution in [-0.4, -0.2) is 9.55 Å². The standard InChI is InChI=1S/C14H11N3O/c15-6-10-1-2-11-8-18-14(12(11)5-10)3-4-17-9-16-7-13(14)17/h1-2,5,7,9H,3-4,8H2. The molecular formula is C14H11N3O. The SMILES string of the molecule is N#Cc1ccc2c(c1)C1(CCn3cncc31)OC2. The Labute approximate surface area is 104 Å². The van der Waals surface area contributed by atoms with E-state index in [0.29, 0.717) is 12.2 Å². The highest BCUT2D eigenvalue weighted by Gasteiger charge is 2.47. The predicted octanol–water partition coefficient (Wildman–Crippen LogP) is 1.93. The second-order valence-corrected chi connectivity index (χ2v) is 4.82. The van der Waals surface area contributed by atoms with Crippen LogP contribution in [0.5, 0.6) is 0 Å². The molecule has 1 aromatic heterocycles. The summed E-state index contributed by atoms with van der Waals surface area (Å²) in [6.45, 7) is 1.54. The minimum Gasteiger partial charge on any atom is -0.359 e. The molecule has 4 nitrogen and oxygen atoms in total. The van der Waals surface area contributed by atoms with Crippen LogP contribution in [0.25, 0.3) is 0 Å². The van der Waals surface area contributed by atoms with Gasteiger partial charge in [0, 0.05) is 13.0 Å². The van der Waals surface area contributed by atoms with E-state index in [1.807, 2.05) is 30.7 Å². The number of imidazole rings is 1. The summed E-state index contributed by atoms with van der Waals surface area (Å²) in [6, 6.07) is 8.02. The Morgan fingerprint density at radius 3 is 3.28 bits per heavy atom. The van der Waals surface area contributed by atoms with E-state index in [1.54, 1.807) is 0 Å². The number of aryl methyl sites for hydroxylation is 1. The van der Waals surface area contributed by atoms with Crippen molar-refractivity contribution in [1.29, 1.82) is 5.26 Å². The fourth-order valence-corrected chi connectivity index (χ4v) is 3.09. The fourth-order valence-electron chi connectivity index (χ4n) is 3.09. The predicted molar refractivity (Wildman–Crippen MR) is 63.6 cm³/mol. The molecule has 0 radical (unpaired) electrons. The van der Waals surface area contributed by atoms with Crippen molar-refractivity contribution in [1.82, 2.24) is 9.55 Å². The Bertz CT molecular complexity index is 683. The first-order chi connectivity index (χ1) is 8.83. The third kappa shape index (κ3) is 1.05. The molecule has 4 rings (SSSR count). The zero-order valence-electron chi connectivity index (χ0n) is 9.76. The fraction of sp³-hybridized carbons (Fsp3) is 0.286. The van der Waals surface area contributed by atoms with Gasteiger partial charge < -0.3 is 9.30 Å². The van der Waals surface area contributed by atoms with Crippen LogP contribution in [0.1, 0.15) is 28.8 Å². The molecular weight excluding hydrogens is 226 g/mol. The normalized spacial score (nSPS) is 23.9. The van der Waals surface area contributed by atoms with Crippen molar-refractivity contribution in [3.8, 4) is 6.07 Å². The minimum absolute atomic E-state index is 0.376. The first-order valence-electron chi connectivity index (χ1n) is 6.01. The largest absolute Gasteiger partial charge is 0.359 e. The van der Waals surface area contributed by atoms with Crippen LogP contribution in [0.15, 0.2) is 30.7 Å². The number of rotatable bonds is 0. The maximum absolute atomic E-state index is 9.05. The highest BCUT2D eigenvalue weighted by molar-refractivity contribution is 5.47. The monoisotopic (exact) mass is 237 g/mol.